The number of pyridine rings is 1. The maximum Gasteiger partial charge on any atom is 0.336 e. The summed E-state index contributed by atoms with van der Waals surface area (Å²) in [4.78, 5) is 27.3. The summed E-state index contributed by atoms with van der Waals surface area (Å²) >= 11 is 0. The van der Waals surface area contributed by atoms with Gasteiger partial charge in [-0.15, -0.1) is 0 Å². The van der Waals surface area contributed by atoms with Crippen LogP contribution < -0.4 is 15.8 Å². The summed E-state index contributed by atoms with van der Waals surface area (Å²) in [5, 5.41) is 4.85. The van der Waals surface area contributed by atoms with Gasteiger partial charge in [0.1, 0.15) is 11.3 Å². The second-order valence-electron chi connectivity index (χ2n) is 5.66. The van der Waals surface area contributed by atoms with Crippen molar-refractivity contribution >= 4 is 22.6 Å². The van der Waals surface area contributed by atoms with Crippen molar-refractivity contribution in [1.82, 2.24) is 10.4 Å². The Bertz CT molecular complexity index is 1030. The van der Waals surface area contributed by atoms with Crippen molar-refractivity contribution in [2.75, 3.05) is 6.61 Å². The van der Waals surface area contributed by atoms with Gasteiger partial charge in [-0.05, 0) is 43.7 Å². The maximum absolute atomic E-state index is 11.9. The predicted octanol–water partition coefficient (Wildman–Crippen LogP) is 2.42. The highest BCUT2D eigenvalue weighted by Gasteiger charge is 2.06. The molecular weight excluding hydrogens is 334 g/mol. The summed E-state index contributed by atoms with van der Waals surface area (Å²) in [6.07, 6.45) is 3.30. The van der Waals surface area contributed by atoms with Crippen LogP contribution in [0.25, 0.3) is 11.0 Å². The molecule has 0 saturated carbocycles. The molecule has 2 heterocycles. The summed E-state index contributed by atoms with van der Waals surface area (Å²) in [5.74, 6) is 0.0282. The lowest BCUT2D eigenvalue weighted by Crippen LogP contribution is -2.25. The van der Waals surface area contributed by atoms with E-state index in [0.29, 0.717) is 17.0 Å². The molecule has 0 unspecified atom stereocenters. The third kappa shape index (κ3) is 4.13. The van der Waals surface area contributed by atoms with Crippen molar-refractivity contribution in [1.29, 1.82) is 0 Å². The van der Waals surface area contributed by atoms with E-state index in [1.165, 1.54) is 6.07 Å². The van der Waals surface area contributed by atoms with Crippen LogP contribution in [0.15, 0.2) is 63.1 Å². The van der Waals surface area contributed by atoms with Gasteiger partial charge in [-0.25, -0.2) is 10.2 Å². The van der Waals surface area contributed by atoms with Crippen molar-refractivity contribution in [3.05, 3.63) is 70.3 Å². The molecule has 0 bridgehead atoms. The Hall–Kier alpha value is -3.48. The number of hydrogen-bond acceptors (Lipinski definition) is 6. The van der Waals surface area contributed by atoms with Crippen LogP contribution in [0.3, 0.4) is 0 Å². The van der Waals surface area contributed by atoms with Gasteiger partial charge in [-0.1, -0.05) is 0 Å². The minimum absolute atomic E-state index is 0.214. The van der Waals surface area contributed by atoms with E-state index >= 15 is 0 Å². The van der Waals surface area contributed by atoms with Gasteiger partial charge in [0.05, 0.1) is 5.71 Å². The average Bonchev–Trinajstić information content (AvgIpc) is 2.64. The predicted molar refractivity (Wildman–Crippen MR) is 97.3 cm³/mol. The molecule has 3 rings (SSSR count). The SMILES string of the molecule is C/C(=N/NC(=O)COc1ccc2c(C)cc(=O)oc2c1)c1ccncc1. The normalized spacial score (nSPS) is 11.4. The fourth-order valence-corrected chi connectivity index (χ4v) is 2.38. The Morgan fingerprint density at radius 3 is 2.77 bits per heavy atom. The van der Waals surface area contributed by atoms with Gasteiger partial charge >= 0.3 is 5.63 Å². The summed E-state index contributed by atoms with van der Waals surface area (Å²) in [5.41, 5.74) is 4.77. The molecule has 26 heavy (non-hydrogen) atoms. The third-order valence-electron chi connectivity index (χ3n) is 3.74. The number of fused-ring (bicyclic) bond motifs is 1. The molecular formula is C19H17N3O4. The van der Waals surface area contributed by atoms with E-state index in [9.17, 15) is 9.59 Å². The van der Waals surface area contributed by atoms with E-state index in [-0.39, 0.29) is 6.61 Å². The zero-order valence-electron chi connectivity index (χ0n) is 14.4. The molecule has 132 valence electrons. The zero-order chi connectivity index (χ0) is 18.5. The lowest BCUT2D eigenvalue weighted by molar-refractivity contribution is -0.123. The van der Waals surface area contributed by atoms with Gasteiger partial charge in [0, 0.05) is 35.5 Å². The number of aromatic nitrogens is 1. The van der Waals surface area contributed by atoms with Gasteiger partial charge in [-0.3, -0.25) is 9.78 Å². The van der Waals surface area contributed by atoms with E-state index in [1.807, 2.05) is 6.92 Å². The molecule has 0 aliphatic heterocycles. The Balaban J connectivity index is 1.63. The summed E-state index contributed by atoms with van der Waals surface area (Å²) in [6, 6.07) is 10.1. The Morgan fingerprint density at radius 2 is 2.00 bits per heavy atom. The Kier molecular flexibility index (Phi) is 5.07. The zero-order valence-corrected chi connectivity index (χ0v) is 14.4. The number of benzene rings is 1. The minimum Gasteiger partial charge on any atom is -0.484 e. The number of amides is 1. The maximum atomic E-state index is 11.9. The molecule has 1 aromatic carbocycles. The van der Waals surface area contributed by atoms with E-state index in [0.717, 1.165) is 16.5 Å². The van der Waals surface area contributed by atoms with Crippen molar-refractivity contribution in [2.45, 2.75) is 13.8 Å². The molecule has 0 aliphatic carbocycles. The van der Waals surface area contributed by atoms with Crippen LogP contribution in [0.5, 0.6) is 5.75 Å². The highest BCUT2D eigenvalue weighted by Crippen LogP contribution is 2.22. The van der Waals surface area contributed by atoms with Crippen LogP contribution in [0, 0.1) is 6.92 Å². The molecule has 0 fully saturated rings. The van der Waals surface area contributed by atoms with Crippen molar-refractivity contribution in [3.8, 4) is 5.75 Å². The van der Waals surface area contributed by atoms with Crippen molar-refractivity contribution in [3.63, 3.8) is 0 Å². The Labute approximate surface area is 149 Å². The number of carbonyl (C=O) groups is 1. The highest BCUT2D eigenvalue weighted by atomic mass is 16.5. The van der Waals surface area contributed by atoms with Gasteiger partial charge in [-0.2, -0.15) is 5.10 Å². The quantitative estimate of drug-likeness (QED) is 0.433. The molecule has 7 nitrogen and oxygen atoms in total. The molecule has 1 amide bonds. The van der Waals surface area contributed by atoms with Gasteiger partial charge < -0.3 is 9.15 Å². The first-order valence-corrected chi connectivity index (χ1v) is 7.94. The van der Waals surface area contributed by atoms with Crippen LogP contribution in [-0.4, -0.2) is 23.2 Å². The summed E-state index contributed by atoms with van der Waals surface area (Å²) < 4.78 is 10.6. The first kappa shape index (κ1) is 17.3. The molecule has 0 saturated heterocycles. The fourth-order valence-electron chi connectivity index (χ4n) is 2.38. The molecule has 1 N–H and O–H groups in total. The molecule has 7 heteroatoms. The number of nitrogens with one attached hydrogen (secondary N) is 1. The second kappa shape index (κ2) is 7.60. The molecule has 0 atom stereocenters. The topological polar surface area (TPSA) is 93.8 Å². The first-order valence-electron chi connectivity index (χ1n) is 7.94. The monoisotopic (exact) mass is 351 g/mol. The van der Waals surface area contributed by atoms with E-state index in [4.69, 9.17) is 9.15 Å². The number of ether oxygens (including phenoxy) is 1. The number of nitrogens with zero attached hydrogens (tertiary/aromatic N) is 2. The largest absolute Gasteiger partial charge is 0.484 e. The number of rotatable bonds is 5. The van der Waals surface area contributed by atoms with Crippen LogP contribution in [0.4, 0.5) is 0 Å². The molecule has 0 spiro atoms. The smallest absolute Gasteiger partial charge is 0.336 e. The lowest BCUT2D eigenvalue weighted by Gasteiger charge is -2.07. The van der Waals surface area contributed by atoms with Crippen LogP contribution in [0.2, 0.25) is 0 Å². The van der Waals surface area contributed by atoms with Crippen LogP contribution >= 0.6 is 0 Å². The molecule has 0 radical (unpaired) electrons. The van der Waals surface area contributed by atoms with E-state index in [1.54, 1.807) is 49.6 Å². The van der Waals surface area contributed by atoms with Crippen molar-refractivity contribution < 1.29 is 13.9 Å². The molecule has 3 aromatic rings. The number of aryl methyl sites for hydroxylation is 1. The number of carbonyl (C=O) groups excluding carboxylic acids is 1. The lowest BCUT2D eigenvalue weighted by atomic mass is 10.1. The average molecular weight is 351 g/mol. The Morgan fingerprint density at radius 1 is 1.23 bits per heavy atom. The van der Waals surface area contributed by atoms with E-state index in [2.05, 4.69) is 15.5 Å². The summed E-state index contributed by atoms with van der Waals surface area (Å²) in [7, 11) is 0. The minimum atomic E-state index is -0.425. The molecule has 2 aromatic heterocycles. The van der Waals surface area contributed by atoms with Gasteiger partial charge in [0.15, 0.2) is 6.61 Å². The fraction of sp³-hybridized carbons (Fsp3) is 0.158. The van der Waals surface area contributed by atoms with Crippen LogP contribution in [0.1, 0.15) is 18.1 Å². The van der Waals surface area contributed by atoms with Gasteiger partial charge in [0.25, 0.3) is 5.91 Å². The van der Waals surface area contributed by atoms with Crippen molar-refractivity contribution in [2.24, 2.45) is 5.10 Å². The second-order valence-corrected chi connectivity index (χ2v) is 5.66. The number of hydrazone groups is 1. The summed E-state index contributed by atoms with van der Waals surface area (Å²) in [6.45, 7) is 3.40. The standard InChI is InChI=1S/C19H17N3O4/c1-12-9-19(24)26-17-10-15(3-4-16(12)17)25-11-18(23)22-21-13(2)14-5-7-20-8-6-14/h3-10H,11H2,1-2H3,(H,22,23)/b21-13-. The first-order chi connectivity index (χ1) is 12.5. The highest BCUT2D eigenvalue weighted by molar-refractivity contribution is 5.99. The van der Waals surface area contributed by atoms with Gasteiger partial charge in [0.2, 0.25) is 0 Å². The number of hydrogen-bond donors (Lipinski definition) is 1. The van der Waals surface area contributed by atoms with Crippen LogP contribution in [-0.2, 0) is 4.79 Å². The molecule has 0 aliphatic rings. The van der Waals surface area contributed by atoms with E-state index < -0.39 is 11.5 Å². The third-order valence-corrected chi connectivity index (χ3v) is 3.74.